The standard InChI is InChI=1S/C9H15N5S/c10-14-9-4-8(12-6-13-9)11-5-7-2-1-3-15-7/h4,6-7H,1-3,5,10H2,(H2,11,12,13,14). The summed E-state index contributed by atoms with van der Waals surface area (Å²) in [7, 11) is 0. The van der Waals surface area contributed by atoms with E-state index in [0.717, 1.165) is 12.4 Å². The van der Waals surface area contributed by atoms with Crippen molar-refractivity contribution in [3.05, 3.63) is 12.4 Å². The van der Waals surface area contributed by atoms with Crippen LogP contribution in [0, 0.1) is 0 Å². The summed E-state index contributed by atoms with van der Waals surface area (Å²) in [6.45, 7) is 0.964. The Bertz CT molecular complexity index is 313. The van der Waals surface area contributed by atoms with Crippen molar-refractivity contribution in [1.29, 1.82) is 0 Å². The minimum atomic E-state index is 0.631. The van der Waals surface area contributed by atoms with Gasteiger partial charge in [-0.1, -0.05) is 0 Å². The van der Waals surface area contributed by atoms with Crippen LogP contribution < -0.4 is 16.6 Å². The Balaban J connectivity index is 1.86. The lowest BCUT2D eigenvalue weighted by atomic mass is 10.2. The summed E-state index contributed by atoms with van der Waals surface area (Å²) in [5.41, 5.74) is 2.50. The van der Waals surface area contributed by atoms with E-state index < -0.39 is 0 Å². The van der Waals surface area contributed by atoms with Gasteiger partial charge in [0.05, 0.1) is 0 Å². The lowest BCUT2D eigenvalue weighted by molar-refractivity contribution is 0.803. The summed E-state index contributed by atoms with van der Waals surface area (Å²) in [4.78, 5) is 8.07. The highest BCUT2D eigenvalue weighted by molar-refractivity contribution is 8.00. The molecule has 4 N–H and O–H groups in total. The van der Waals surface area contributed by atoms with Crippen molar-refractivity contribution in [2.24, 2.45) is 5.84 Å². The van der Waals surface area contributed by atoms with Crippen LogP contribution >= 0.6 is 11.8 Å². The Kier molecular flexibility index (Phi) is 3.63. The Morgan fingerprint density at radius 3 is 3.07 bits per heavy atom. The van der Waals surface area contributed by atoms with Gasteiger partial charge in [0.1, 0.15) is 18.0 Å². The lowest BCUT2D eigenvalue weighted by Crippen LogP contribution is -2.15. The Morgan fingerprint density at radius 1 is 1.47 bits per heavy atom. The molecule has 0 bridgehead atoms. The van der Waals surface area contributed by atoms with Gasteiger partial charge < -0.3 is 10.7 Å². The molecule has 0 aliphatic carbocycles. The number of nitrogens with two attached hydrogens (primary N) is 1. The highest BCUT2D eigenvalue weighted by Crippen LogP contribution is 2.26. The van der Waals surface area contributed by atoms with Gasteiger partial charge in [-0.05, 0) is 18.6 Å². The van der Waals surface area contributed by atoms with Gasteiger partial charge >= 0.3 is 0 Å². The highest BCUT2D eigenvalue weighted by Gasteiger charge is 2.14. The molecule has 1 aromatic rings. The minimum absolute atomic E-state index is 0.631. The smallest absolute Gasteiger partial charge is 0.145 e. The molecular formula is C9H15N5S. The number of anilines is 2. The lowest BCUT2D eigenvalue weighted by Gasteiger charge is -2.10. The SMILES string of the molecule is NNc1cc(NCC2CCCS2)ncn1. The third-order valence-corrected chi connectivity index (χ3v) is 3.75. The molecule has 1 unspecified atom stereocenters. The fourth-order valence-corrected chi connectivity index (χ4v) is 2.76. The zero-order valence-corrected chi connectivity index (χ0v) is 9.26. The number of hydrazine groups is 1. The van der Waals surface area contributed by atoms with Crippen molar-refractivity contribution in [3.8, 4) is 0 Å². The van der Waals surface area contributed by atoms with Gasteiger partial charge in [-0.25, -0.2) is 15.8 Å². The molecule has 2 rings (SSSR count). The first-order chi connectivity index (χ1) is 7.38. The second kappa shape index (κ2) is 5.18. The summed E-state index contributed by atoms with van der Waals surface area (Å²) in [6.07, 6.45) is 4.13. The number of hydrogen-bond acceptors (Lipinski definition) is 6. The predicted molar refractivity (Wildman–Crippen MR) is 63.8 cm³/mol. The molecule has 15 heavy (non-hydrogen) atoms. The number of hydrogen-bond donors (Lipinski definition) is 3. The van der Waals surface area contributed by atoms with Gasteiger partial charge in [0.15, 0.2) is 0 Å². The molecule has 1 atom stereocenters. The summed E-state index contributed by atoms with van der Waals surface area (Å²) in [6, 6.07) is 1.81. The number of nitrogen functional groups attached to an aromatic ring is 1. The molecule has 6 heteroatoms. The zero-order valence-electron chi connectivity index (χ0n) is 8.44. The van der Waals surface area contributed by atoms with E-state index in [0.29, 0.717) is 11.1 Å². The first-order valence-corrected chi connectivity index (χ1v) is 6.07. The van der Waals surface area contributed by atoms with Gasteiger partial charge in [0, 0.05) is 17.9 Å². The van der Waals surface area contributed by atoms with Gasteiger partial charge in [-0.15, -0.1) is 0 Å². The highest BCUT2D eigenvalue weighted by atomic mass is 32.2. The van der Waals surface area contributed by atoms with Gasteiger partial charge in [0.2, 0.25) is 0 Å². The summed E-state index contributed by atoms with van der Waals surface area (Å²) < 4.78 is 0. The van der Waals surface area contributed by atoms with E-state index in [4.69, 9.17) is 5.84 Å². The fraction of sp³-hybridized carbons (Fsp3) is 0.556. The van der Waals surface area contributed by atoms with Crippen molar-refractivity contribution >= 4 is 23.4 Å². The number of nitrogens with one attached hydrogen (secondary N) is 2. The maximum absolute atomic E-state index is 5.26. The maximum atomic E-state index is 5.26. The minimum Gasteiger partial charge on any atom is -0.369 e. The van der Waals surface area contributed by atoms with Gasteiger partial charge in [-0.3, -0.25) is 0 Å². The average molecular weight is 225 g/mol. The van der Waals surface area contributed by atoms with E-state index in [1.54, 1.807) is 6.07 Å². The normalized spacial score (nSPS) is 20.2. The van der Waals surface area contributed by atoms with Gasteiger partial charge in [0.25, 0.3) is 0 Å². The van der Waals surface area contributed by atoms with Crippen LogP contribution in [0.5, 0.6) is 0 Å². The average Bonchev–Trinajstić information content (AvgIpc) is 2.79. The Morgan fingerprint density at radius 2 is 2.33 bits per heavy atom. The van der Waals surface area contributed by atoms with E-state index >= 15 is 0 Å². The third kappa shape index (κ3) is 2.97. The number of thioether (sulfide) groups is 1. The third-order valence-electron chi connectivity index (χ3n) is 2.35. The molecule has 1 saturated heterocycles. The fourth-order valence-electron chi connectivity index (χ4n) is 1.56. The van der Waals surface area contributed by atoms with Crippen LogP contribution in [-0.2, 0) is 0 Å². The van der Waals surface area contributed by atoms with Crippen LogP contribution in [0.4, 0.5) is 11.6 Å². The van der Waals surface area contributed by atoms with Crippen molar-refractivity contribution in [1.82, 2.24) is 9.97 Å². The molecule has 0 aromatic carbocycles. The first-order valence-electron chi connectivity index (χ1n) is 5.02. The molecule has 1 fully saturated rings. The van der Waals surface area contributed by atoms with Crippen molar-refractivity contribution in [2.75, 3.05) is 23.0 Å². The van der Waals surface area contributed by atoms with Gasteiger partial charge in [-0.2, -0.15) is 11.8 Å². The maximum Gasteiger partial charge on any atom is 0.145 e. The molecular weight excluding hydrogens is 210 g/mol. The van der Waals surface area contributed by atoms with Crippen molar-refractivity contribution in [2.45, 2.75) is 18.1 Å². The van der Waals surface area contributed by atoms with Crippen LogP contribution in [-0.4, -0.2) is 27.5 Å². The molecule has 82 valence electrons. The van der Waals surface area contributed by atoms with E-state index in [9.17, 15) is 0 Å². The monoisotopic (exact) mass is 225 g/mol. The van der Waals surface area contributed by atoms with E-state index in [1.807, 2.05) is 11.8 Å². The van der Waals surface area contributed by atoms with Crippen LogP contribution in [0.25, 0.3) is 0 Å². The van der Waals surface area contributed by atoms with Crippen LogP contribution in [0.2, 0.25) is 0 Å². The molecule has 1 aromatic heterocycles. The van der Waals surface area contributed by atoms with E-state index in [-0.39, 0.29) is 0 Å². The van der Waals surface area contributed by atoms with E-state index in [2.05, 4.69) is 20.7 Å². The molecule has 0 amide bonds. The first kappa shape index (κ1) is 10.5. The van der Waals surface area contributed by atoms with Crippen molar-refractivity contribution in [3.63, 3.8) is 0 Å². The molecule has 5 nitrogen and oxygen atoms in total. The van der Waals surface area contributed by atoms with Crippen LogP contribution in [0.1, 0.15) is 12.8 Å². The Labute approximate surface area is 93.2 Å². The largest absolute Gasteiger partial charge is 0.369 e. The zero-order chi connectivity index (χ0) is 10.5. The number of rotatable bonds is 4. The predicted octanol–water partition coefficient (Wildman–Crippen LogP) is 1.07. The topological polar surface area (TPSA) is 75.9 Å². The Hall–Kier alpha value is -1.01. The number of aromatic nitrogens is 2. The van der Waals surface area contributed by atoms with Crippen LogP contribution in [0.15, 0.2) is 12.4 Å². The second-order valence-corrected chi connectivity index (χ2v) is 4.86. The summed E-state index contributed by atoms with van der Waals surface area (Å²) in [5.74, 6) is 8.00. The van der Waals surface area contributed by atoms with Crippen LogP contribution in [0.3, 0.4) is 0 Å². The molecule has 1 aliphatic heterocycles. The quantitative estimate of drug-likeness (QED) is 0.525. The molecule has 0 radical (unpaired) electrons. The summed E-state index contributed by atoms with van der Waals surface area (Å²) >= 11 is 2.03. The molecule has 0 spiro atoms. The molecule has 2 heterocycles. The summed E-state index contributed by atoms with van der Waals surface area (Å²) in [5, 5.41) is 4.01. The second-order valence-electron chi connectivity index (χ2n) is 3.45. The molecule has 1 aliphatic rings. The van der Waals surface area contributed by atoms with Crippen molar-refractivity contribution < 1.29 is 0 Å². The number of nitrogens with zero attached hydrogens (tertiary/aromatic N) is 2. The van der Waals surface area contributed by atoms with E-state index in [1.165, 1.54) is 24.9 Å². The molecule has 0 saturated carbocycles.